The number of ketones is 4. The Balaban J connectivity index is 0.958. The summed E-state index contributed by atoms with van der Waals surface area (Å²) in [5.41, 5.74) is 1.42. The summed E-state index contributed by atoms with van der Waals surface area (Å²) < 4.78 is 13.4. The maximum Gasteiger partial charge on any atom is 0.303 e. The van der Waals surface area contributed by atoms with Crippen molar-refractivity contribution in [3.63, 3.8) is 0 Å². The lowest BCUT2D eigenvalue weighted by Gasteiger charge is -2.59. The molecule has 1 heterocycles. The second-order valence-electron chi connectivity index (χ2n) is 19.3. The van der Waals surface area contributed by atoms with Gasteiger partial charge in [0.1, 0.15) is 12.4 Å². The van der Waals surface area contributed by atoms with Crippen molar-refractivity contribution in [2.45, 2.75) is 116 Å². The van der Waals surface area contributed by atoms with Crippen LogP contribution in [0.1, 0.15) is 102 Å². The lowest BCUT2D eigenvalue weighted by molar-refractivity contribution is -0.201. The molecule has 1 aliphatic heterocycles. The highest BCUT2D eigenvalue weighted by atomic mass is 79.9. The van der Waals surface area contributed by atoms with E-state index in [1.54, 1.807) is 25.1 Å². The predicted molar refractivity (Wildman–Crippen MR) is 241 cm³/mol. The number of benzene rings is 2. The largest absolute Gasteiger partial charge is 0.481 e. The molecule has 3 saturated carbocycles. The molecule has 1 saturated heterocycles. The summed E-state index contributed by atoms with van der Waals surface area (Å²) in [7, 11) is 0. The summed E-state index contributed by atoms with van der Waals surface area (Å²) in [6.07, 6.45) is 5.18. The third kappa shape index (κ3) is 9.36. The fourth-order valence-corrected chi connectivity index (χ4v) is 12.1. The number of carboxylic acid groups (broad SMARTS) is 1. The van der Waals surface area contributed by atoms with Crippen LogP contribution >= 0.6 is 15.9 Å². The van der Waals surface area contributed by atoms with Gasteiger partial charge in [0.2, 0.25) is 11.8 Å². The minimum absolute atomic E-state index is 0.0143. The van der Waals surface area contributed by atoms with E-state index in [1.807, 2.05) is 55.5 Å². The molecule has 2 amide bonds. The van der Waals surface area contributed by atoms with Gasteiger partial charge in [0.15, 0.2) is 29.2 Å². The lowest BCUT2D eigenvalue weighted by Crippen LogP contribution is -2.63. The molecule has 15 heteroatoms. The van der Waals surface area contributed by atoms with Crippen molar-refractivity contribution in [1.29, 1.82) is 0 Å². The molecule has 7 rings (SSSR count). The number of aliphatic hydroxyl groups excluding tert-OH is 2. The standard InChI is InChI=1S/C50H59BrN2O12/c1-27(18-39(57)28(2)52-46(63)32(12-15-43(60)61)21-36(56)25-51)45(62)53-34-7-5-6-30(20-34)19-29-8-10-31(11-9-29)47-64-42-23-38-37-14-13-33-22-35(55)16-17-48(33,3)44(37)40(58)24-49(38,4)50(42,65-47)41(59)26-54/h5-11,16-17,20,22,27-28,32,37-38,40,42,44,47,54,58H,12-15,18-19,21,23-26H2,1-4H3,(H,52,63)(H,53,62)(H,60,61)/t27-,28+,32-,37+,38+,40+,42-,44-,47-,48+,49+,50-/m1/s1. The number of hydrogen-bond acceptors (Lipinski definition) is 11. The van der Waals surface area contributed by atoms with Gasteiger partial charge in [-0.1, -0.05) is 84.7 Å². The lowest BCUT2D eigenvalue weighted by atomic mass is 9.46. The molecule has 2 aromatic carbocycles. The van der Waals surface area contributed by atoms with Crippen LogP contribution in [0.3, 0.4) is 0 Å². The van der Waals surface area contributed by atoms with Crippen LogP contribution in [0.15, 0.2) is 72.3 Å². The van der Waals surface area contributed by atoms with E-state index in [1.165, 1.54) is 6.92 Å². The number of carbonyl (C=O) groups excluding carboxylic acids is 6. The minimum atomic E-state index is -1.45. The number of nitrogens with one attached hydrogen (secondary N) is 2. The first-order valence-electron chi connectivity index (χ1n) is 22.5. The molecule has 65 heavy (non-hydrogen) atoms. The van der Waals surface area contributed by atoms with Gasteiger partial charge in [-0.05, 0) is 92.7 Å². The summed E-state index contributed by atoms with van der Waals surface area (Å²) in [4.78, 5) is 88.5. The molecule has 0 bridgehead atoms. The molecule has 348 valence electrons. The van der Waals surface area contributed by atoms with E-state index in [-0.39, 0.29) is 78.4 Å². The average Bonchev–Trinajstić information content (AvgIpc) is 3.77. The molecule has 0 radical (unpaired) electrons. The van der Waals surface area contributed by atoms with Crippen LogP contribution in [-0.2, 0) is 49.5 Å². The Morgan fingerprint density at radius 2 is 1.72 bits per heavy atom. The summed E-state index contributed by atoms with van der Waals surface area (Å²) in [6, 6.07) is 14.1. The second-order valence-corrected chi connectivity index (χ2v) is 19.8. The van der Waals surface area contributed by atoms with Crippen LogP contribution in [0.4, 0.5) is 5.69 Å². The number of halogens is 1. The highest BCUT2D eigenvalue weighted by Crippen LogP contribution is 2.70. The van der Waals surface area contributed by atoms with Gasteiger partial charge in [-0.25, -0.2) is 0 Å². The van der Waals surface area contributed by atoms with Gasteiger partial charge < -0.3 is 35.4 Å². The molecule has 5 N–H and O–H groups in total. The molecular formula is C50H59BrN2O12. The topological polar surface area (TPSA) is 223 Å². The molecular weight excluding hydrogens is 900 g/mol. The molecule has 12 atom stereocenters. The highest BCUT2D eigenvalue weighted by Gasteiger charge is 2.76. The van der Waals surface area contributed by atoms with E-state index in [2.05, 4.69) is 33.5 Å². The van der Waals surface area contributed by atoms with E-state index in [0.717, 1.165) is 29.5 Å². The smallest absolute Gasteiger partial charge is 0.303 e. The van der Waals surface area contributed by atoms with Crippen molar-refractivity contribution in [1.82, 2.24) is 5.32 Å². The number of allylic oxidation sites excluding steroid dienone is 4. The van der Waals surface area contributed by atoms with Crippen molar-refractivity contribution >= 4 is 62.5 Å². The Kier molecular flexibility index (Phi) is 14.3. The van der Waals surface area contributed by atoms with Crippen LogP contribution < -0.4 is 10.6 Å². The van der Waals surface area contributed by atoms with Crippen molar-refractivity contribution in [2.75, 3.05) is 17.3 Å². The number of rotatable bonds is 18. The number of carboxylic acids is 1. The van der Waals surface area contributed by atoms with E-state index < -0.39 is 77.1 Å². The number of anilines is 1. The number of carbonyl (C=O) groups is 7. The average molecular weight is 960 g/mol. The number of fused-ring (bicyclic) bond motifs is 7. The first-order valence-corrected chi connectivity index (χ1v) is 23.7. The fraction of sp³-hybridized carbons (Fsp3) is 0.540. The SMILES string of the molecule is C[C@H](CC(=O)[C@H](C)NC(=O)[C@H](CCC(=O)O)CC(=O)CBr)C(=O)Nc1cccc(Cc2ccc([C@@H]3O[C@@H]4C[C@H]5[C@@H]6CCC7=CC(=O)C=C[C@]7(C)[C@H]6[C@@H](O)C[C@]5(C)[C@]4(C(=O)CO)O3)cc2)c1. The molecule has 0 spiro atoms. The Labute approximate surface area is 387 Å². The van der Waals surface area contributed by atoms with E-state index in [9.17, 15) is 43.8 Å². The molecule has 0 aromatic heterocycles. The van der Waals surface area contributed by atoms with Gasteiger partial charge in [-0.15, -0.1) is 0 Å². The van der Waals surface area contributed by atoms with Gasteiger partial charge in [0, 0.05) is 59.1 Å². The van der Waals surface area contributed by atoms with Crippen molar-refractivity contribution in [3.8, 4) is 0 Å². The number of aliphatic carboxylic acids is 1. The summed E-state index contributed by atoms with van der Waals surface area (Å²) in [5.74, 6) is -4.95. The van der Waals surface area contributed by atoms with Gasteiger partial charge >= 0.3 is 5.97 Å². The Morgan fingerprint density at radius 3 is 2.42 bits per heavy atom. The number of amides is 2. The summed E-state index contributed by atoms with van der Waals surface area (Å²) >= 11 is 3.06. The van der Waals surface area contributed by atoms with Gasteiger partial charge in [-0.2, -0.15) is 0 Å². The minimum Gasteiger partial charge on any atom is -0.481 e. The number of ether oxygens (including phenoxy) is 2. The van der Waals surface area contributed by atoms with Crippen LogP contribution in [0.2, 0.25) is 0 Å². The highest BCUT2D eigenvalue weighted by molar-refractivity contribution is 9.09. The molecule has 5 aliphatic rings. The van der Waals surface area contributed by atoms with Crippen LogP contribution in [0.25, 0.3) is 0 Å². The van der Waals surface area contributed by atoms with Crippen molar-refractivity contribution < 1.29 is 58.4 Å². The fourth-order valence-electron chi connectivity index (χ4n) is 11.8. The predicted octanol–water partition coefficient (Wildman–Crippen LogP) is 5.75. The molecule has 2 aromatic rings. The zero-order valence-electron chi connectivity index (χ0n) is 37.2. The van der Waals surface area contributed by atoms with Gasteiger partial charge in [-0.3, -0.25) is 33.6 Å². The summed E-state index contributed by atoms with van der Waals surface area (Å²) in [6.45, 7) is 6.50. The first-order chi connectivity index (χ1) is 30.8. The number of alkyl halides is 1. The maximum absolute atomic E-state index is 14.0. The van der Waals surface area contributed by atoms with Crippen LogP contribution in [-0.4, -0.2) is 92.0 Å². The third-order valence-corrected chi connectivity index (χ3v) is 15.8. The first kappa shape index (κ1) is 48.3. The van der Waals surface area contributed by atoms with Gasteiger partial charge in [0.05, 0.1) is 23.6 Å². The maximum atomic E-state index is 14.0. The second kappa shape index (κ2) is 19.3. The van der Waals surface area contributed by atoms with Crippen molar-refractivity contribution in [2.24, 2.45) is 40.4 Å². The zero-order chi connectivity index (χ0) is 47.0. The van der Waals surface area contributed by atoms with E-state index in [4.69, 9.17) is 14.6 Å². The number of Topliss-reactive ketones (excluding diaryl/α,β-unsaturated/α-hetero) is 3. The molecule has 4 fully saturated rings. The van der Waals surface area contributed by atoms with Gasteiger partial charge in [0.25, 0.3) is 0 Å². The third-order valence-electron chi connectivity index (χ3n) is 15.1. The normalized spacial score (nSPS) is 31.2. The molecule has 0 unspecified atom stereocenters. The van der Waals surface area contributed by atoms with Crippen LogP contribution in [0, 0.1) is 40.4 Å². The quantitative estimate of drug-likeness (QED) is 0.113. The Hall–Kier alpha value is -4.67. The monoisotopic (exact) mass is 958 g/mol. The molecule has 14 nitrogen and oxygen atoms in total. The van der Waals surface area contributed by atoms with E-state index >= 15 is 0 Å². The Morgan fingerprint density at radius 1 is 0.985 bits per heavy atom. The van der Waals surface area contributed by atoms with Crippen LogP contribution in [0.5, 0.6) is 0 Å². The Bertz CT molecular complexity index is 2290. The molecule has 4 aliphatic carbocycles. The number of hydrogen-bond donors (Lipinski definition) is 5. The zero-order valence-corrected chi connectivity index (χ0v) is 38.8. The van der Waals surface area contributed by atoms with Crippen molar-refractivity contribution in [3.05, 3.63) is 89.0 Å². The number of aliphatic hydroxyl groups is 2. The van der Waals surface area contributed by atoms with E-state index in [0.29, 0.717) is 24.1 Å². The summed E-state index contributed by atoms with van der Waals surface area (Å²) in [5, 5.41) is 36.9.